The smallest absolute Gasteiger partial charge is 0.0802 e. The summed E-state index contributed by atoms with van der Waals surface area (Å²) < 4.78 is 0. The average Bonchev–Trinajstić information content (AvgIpc) is 2.80. The third-order valence-corrected chi connectivity index (χ3v) is 6.09. The molecule has 3 heteroatoms. The summed E-state index contributed by atoms with van der Waals surface area (Å²) in [6.07, 6.45) is 4.60. The molecule has 1 aliphatic heterocycles. The maximum absolute atomic E-state index is 10.6. The average molecular weight is 418 g/mol. The fourth-order valence-electron chi connectivity index (χ4n) is 4.00. The van der Waals surface area contributed by atoms with Gasteiger partial charge in [-0.05, 0) is 59.2 Å². The Kier molecular flexibility index (Phi) is 7.01. The van der Waals surface area contributed by atoms with E-state index in [2.05, 4.69) is 77.7 Å². The van der Waals surface area contributed by atoms with Crippen LogP contribution >= 0.6 is 11.6 Å². The molecule has 0 amide bonds. The molecule has 0 aromatic heterocycles. The third kappa shape index (κ3) is 5.60. The first-order chi connectivity index (χ1) is 14.7. The lowest BCUT2D eigenvalue weighted by Gasteiger charge is -2.27. The molecule has 0 radical (unpaired) electrons. The van der Waals surface area contributed by atoms with E-state index in [0.717, 1.165) is 49.5 Å². The van der Waals surface area contributed by atoms with Crippen molar-refractivity contribution in [3.63, 3.8) is 0 Å². The number of aliphatic hydroxyl groups excluding tert-OH is 1. The van der Waals surface area contributed by atoms with Gasteiger partial charge in [0, 0.05) is 24.7 Å². The minimum atomic E-state index is -0.422. The molecule has 30 heavy (non-hydrogen) atoms. The molecule has 0 saturated heterocycles. The van der Waals surface area contributed by atoms with Gasteiger partial charge in [0.05, 0.1) is 6.10 Å². The van der Waals surface area contributed by atoms with E-state index in [9.17, 15) is 5.11 Å². The van der Waals surface area contributed by atoms with Gasteiger partial charge in [0.15, 0.2) is 0 Å². The Labute approximate surface area is 184 Å². The van der Waals surface area contributed by atoms with Crippen LogP contribution in [0.1, 0.15) is 41.2 Å². The summed E-state index contributed by atoms with van der Waals surface area (Å²) in [5.74, 6) is 0. The Morgan fingerprint density at radius 2 is 1.53 bits per heavy atom. The van der Waals surface area contributed by atoms with Gasteiger partial charge in [-0.15, -0.1) is 0 Å². The van der Waals surface area contributed by atoms with Gasteiger partial charge in [0.25, 0.3) is 0 Å². The zero-order valence-electron chi connectivity index (χ0n) is 17.2. The van der Waals surface area contributed by atoms with Crippen LogP contribution in [0.2, 0.25) is 5.02 Å². The van der Waals surface area contributed by atoms with E-state index in [4.69, 9.17) is 11.6 Å². The molecular formula is C27H28ClNO. The molecule has 0 aliphatic carbocycles. The highest BCUT2D eigenvalue weighted by atomic mass is 35.5. The van der Waals surface area contributed by atoms with Gasteiger partial charge in [-0.2, -0.15) is 0 Å². The summed E-state index contributed by atoms with van der Waals surface area (Å²) in [5, 5.41) is 11.4. The number of halogens is 1. The molecule has 1 heterocycles. The molecular weight excluding hydrogens is 390 g/mol. The monoisotopic (exact) mass is 417 g/mol. The largest absolute Gasteiger partial charge is 0.388 e. The van der Waals surface area contributed by atoms with Gasteiger partial charge >= 0.3 is 0 Å². The Morgan fingerprint density at radius 1 is 0.867 bits per heavy atom. The molecule has 0 saturated carbocycles. The lowest BCUT2D eigenvalue weighted by atomic mass is 9.98. The van der Waals surface area contributed by atoms with Crippen molar-refractivity contribution in [1.82, 2.24) is 4.90 Å². The van der Waals surface area contributed by atoms with Gasteiger partial charge in [0.1, 0.15) is 0 Å². The van der Waals surface area contributed by atoms with Crippen molar-refractivity contribution in [2.24, 2.45) is 0 Å². The first-order valence-corrected chi connectivity index (χ1v) is 11.0. The summed E-state index contributed by atoms with van der Waals surface area (Å²) in [5.41, 5.74) is 6.23. The molecule has 4 rings (SSSR count). The Bertz CT molecular complexity index is 964. The zero-order valence-corrected chi connectivity index (χ0v) is 17.9. The molecule has 3 aromatic carbocycles. The van der Waals surface area contributed by atoms with Gasteiger partial charge in [0.2, 0.25) is 0 Å². The molecule has 1 unspecified atom stereocenters. The topological polar surface area (TPSA) is 23.5 Å². The van der Waals surface area contributed by atoms with Crippen molar-refractivity contribution in [1.29, 1.82) is 0 Å². The van der Waals surface area contributed by atoms with Crippen LogP contribution < -0.4 is 0 Å². The number of aliphatic hydroxyl groups is 1. The summed E-state index contributed by atoms with van der Waals surface area (Å²) in [4.78, 5) is 2.42. The van der Waals surface area contributed by atoms with E-state index in [0.29, 0.717) is 0 Å². The van der Waals surface area contributed by atoms with Crippen LogP contribution in [0, 0.1) is 0 Å². The predicted molar refractivity (Wildman–Crippen MR) is 126 cm³/mol. The van der Waals surface area contributed by atoms with Crippen molar-refractivity contribution in [2.45, 2.75) is 25.4 Å². The molecule has 1 atom stereocenters. The van der Waals surface area contributed by atoms with Gasteiger partial charge < -0.3 is 5.11 Å². The second kappa shape index (κ2) is 10.1. The van der Waals surface area contributed by atoms with Crippen LogP contribution in [0.3, 0.4) is 0 Å². The second-order valence-corrected chi connectivity index (χ2v) is 8.43. The quantitative estimate of drug-likeness (QED) is 0.498. The summed E-state index contributed by atoms with van der Waals surface area (Å²) in [7, 11) is 0. The SMILES string of the molecule is OC(CCN1CC=C(c2ccccc2)CC1)c1ccc(Cc2ccc(Cl)cc2)cc1. The summed E-state index contributed by atoms with van der Waals surface area (Å²) in [6.45, 7) is 2.91. The first kappa shape index (κ1) is 20.9. The normalized spacial score (nSPS) is 15.6. The second-order valence-electron chi connectivity index (χ2n) is 8.00. The van der Waals surface area contributed by atoms with Crippen LogP contribution in [-0.4, -0.2) is 29.6 Å². The minimum absolute atomic E-state index is 0.422. The van der Waals surface area contributed by atoms with Crippen molar-refractivity contribution < 1.29 is 5.11 Å². The maximum atomic E-state index is 10.6. The van der Waals surface area contributed by atoms with Crippen molar-refractivity contribution in [3.05, 3.63) is 112 Å². The van der Waals surface area contributed by atoms with Crippen molar-refractivity contribution in [3.8, 4) is 0 Å². The molecule has 0 fully saturated rings. The molecule has 154 valence electrons. The molecule has 0 bridgehead atoms. The molecule has 1 aliphatic rings. The highest BCUT2D eigenvalue weighted by molar-refractivity contribution is 6.30. The number of nitrogens with zero attached hydrogens (tertiary/aromatic N) is 1. The standard InChI is InChI=1S/C27H28ClNO/c28-26-12-8-22(9-13-26)20-21-6-10-25(11-7-21)27(30)16-19-29-17-14-24(15-18-29)23-4-2-1-3-5-23/h1-14,27,30H,15-20H2. The van der Waals surface area contributed by atoms with E-state index < -0.39 is 6.10 Å². The highest BCUT2D eigenvalue weighted by Gasteiger charge is 2.15. The zero-order chi connectivity index (χ0) is 20.8. The van der Waals surface area contributed by atoms with E-state index in [1.165, 1.54) is 22.3 Å². The molecule has 1 N–H and O–H groups in total. The van der Waals surface area contributed by atoms with E-state index in [1.54, 1.807) is 0 Å². The fourth-order valence-corrected chi connectivity index (χ4v) is 4.12. The number of benzene rings is 3. The summed E-state index contributed by atoms with van der Waals surface area (Å²) in [6, 6.07) is 26.9. The Balaban J connectivity index is 1.26. The van der Waals surface area contributed by atoms with E-state index >= 15 is 0 Å². The van der Waals surface area contributed by atoms with Gasteiger partial charge in [-0.1, -0.05) is 84.4 Å². The van der Waals surface area contributed by atoms with Crippen LogP contribution in [0.4, 0.5) is 0 Å². The number of rotatable bonds is 7. The Morgan fingerprint density at radius 3 is 2.17 bits per heavy atom. The van der Waals surface area contributed by atoms with E-state index in [1.807, 2.05) is 12.1 Å². The van der Waals surface area contributed by atoms with E-state index in [-0.39, 0.29) is 0 Å². The van der Waals surface area contributed by atoms with Gasteiger partial charge in [-0.25, -0.2) is 0 Å². The highest BCUT2D eigenvalue weighted by Crippen LogP contribution is 2.24. The minimum Gasteiger partial charge on any atom is -0.388 e. The lowest BCUT2D eigenvalue weighted by Crippen LogP contribution is -2.30. The number of hydrogen-bond donors (Lipinski definition) is 1. The summed E-state index contributed by atoms with van der Waals surface area (Å²) >= 11 is 5.96. The predicted octanol–water partition coefficient (Wildman–Crippen LogP) is 6.14. The van der Waals surface area contributed by atoms with Crippen molar-refractivity contribution >= 4 is 17.2 Å². The van der Waals surface area contributed by atoms with Gasteiger partial charge in [-0.3, -0.25) is 4.90 Å². The third-order valence-electron chi connectivity index (χ3n) is 5.84. The van der Waals surface area contributed by atoms with Crippen LogP contribution in [0.15, 0.2) is 84.9 Å². The van der Waals surface area contributed by atoms with Crippen LogP contribution in [0.25, 0.3) is 5.57 Å². The fraction of sp³-hybridized carbons (Fsp3) is 0.259. The molecule has 0 spiro atoms. The molecule has 2 nitrogen and oxygen atoms in total. The van der Waals surface area contributed by atoms with Crippen LogP contribution in [-0.2, 0) is 6.42 Å². The lowest BCUT2D eigenvalue weighted by molar-refractivity contribution is 0.145. The maximum Gasteiger partial charge on any atom is 0.0802 e. The van der Waals surface area contributed by atoms with Crippen molar-refractivity contribution in [2.75, 3.05) is 19.6 Å². The first-order valence-electron chi connectivity index (χ1n) is 10.7. The number of hydrogen-bond acceptors (Lipinski definition) is 2. The Hall–Kier alpha value is -2.39. The van der Waals surface area contributed by atoms with Crippen LogP contribution in [0.5, 0.6) is 0 Å². The molecule has 3 aromatic rings.